The van der Waals surface area contributed by atoms with Crippen molar-refractivity contribution in [2.45, 2.75) is 45.4 Å². The second-order valence-electron chi connectivity index (χ2n) is 9.79. The van der Waals surface area contributed by atoms with Gasteiger partial charge in [-0.1, -0.05) is 13.8 Å². The van der Waals surface area contributed by atoms with Crippen LogP contribution < -0.4 is 19.7 Å². The van der Waals surface area contributed by atoms with Gasteiger partial charge in [0.05, 0.1) is 43.3 Å². The second kappa shape index (κ2) is 11.8. The maximum atomic E-state index is 5.88. The lowest BCUT2D eigenvalue weighted by Crippen LogP contribution is -2.32. The average molecular weight is 517 g/mol. The number of rotatable bonds is 10. The Kier molecular flexibility index (Phi) is 8.05. The highest BCUT2D eigenvalue weighted by atomic mass is 16.5. The molecule has 0 bridgehead atoms. The van der Waals surface area contributed by atoms with Crippen LogP contribution >= 0.6 is 0 Å². The van der Waals surface area contributed by atoms with Crippen molar-refractivity contribution in [2.24, 2.45) is 0 Å². The molecule has 1 saturated heterocycles. The summed E-state index contributed by atoms with van der Waals surface area (Å²) in [6.07, 6.45) is 8.88. The van der Waals surface area contributed by atoms with Gasteiger partial charge in [0.2, 0.25) is 0 Å². The van der Waals surface area contributed by atoms with Crippen LogP contribution in [0.25, 0.3) is 22.3 Å². The molecule has 0 aliphatic carbocycles. The molecule has 1 atom stereocenters. The van der Waals surface area contributed by atoms with Gasteiger partial charge in [0.1, 0.15) is 17.7 Å². The number of ether oxygens (including phenoxy) is 3. The molecule has 0 amide bonds. The molecule has 9 nitrogen and oxygen atoms in total. The summed E-state index contributed by atoms with van der Waals surface area (Å²) in [5.74, 6) is 1.48. The van der Waals surface area contributed by atoms with Gasteiger partial charge in [-0.25, -0.2) is 9.67 Å². The number of methoxy groups -OCH3 is 2. The molecule has 5 rings (SSSR count). The van der Waals surface area contributed by atoms with Crippen LogP contribution in [0, 0.1) is 0 Å². The van der Waals surface area contributed by atoms with Crippen LogP contribution in [0.1, 0.15) is 39.3 Å². The predicted molar refractivity (Wildman–Crippen MR) is 149 cm³/mol. The summed E-state index contributed by atoms with van der Waals surface area (Å²) in [7, 11) is 3.33. The zero-order valence-electron chi connectivity index (χ0n) is 22.6. The molecule has 0 radical (unpaired) electrons. The van der Waals surface area contributed by atoms with Crippen molar-refractivity contribution < 1.29 is 14.2 Å². The lowest BCUT2D eigenvalue weighted by atomic mass is 10.2. The van der Waals surface area contributed by atoms with E-state index in [1.807, 2.05) is 47.5 Å². The highest BCUT2D eigenvalue weighted by molar-refractivity contribution is 5.82. The summed E-state index contributed by atoms with van der Waals surface area (Å²) in [6.45, 7) is 6.63. The number of nitrogens with zero attached hydrogens (tertiary/aromatic N) is 5. The minimum atomic E-state index is -0.00891. The molecule has 1 unspecified atom stereocenters. The molecule has 4 aromatic rings. The third kappa shape index (κ3) is 5.89. The Morgan fingerprint density at radius 3 is 2.55 bits per heavy atom. The number of hydrogen-bond acceptors (Lipinski definition) is 8. The first-order valence-corrected chi connectivity index (χ1v) is 13.2. The largest absolute Gasteiger partial charge is 0.497 e. The number of fused-ring (bicyclic) bond motifs is 1. The van der Waals surface area contributed by atoms with Crippen molar-refractivity contribution in [3.63, 3.8) is 0 Å². The molecular weight excluding hydrogens is 480 g/mol. The SMILES string of the molecule is COc1cc(OC)cc(N(CCNC(C)C)c2ccc3ncc(-c4cnn(C5CCCCO5)c4)nc3c2)c1. The minimum absolute atomic E-state index is 0.00891. The van der Waals surface area contributed by atoms with Crippen molar-refractivity contribution in [3.05, 3.63) is 55.0 Å². The van der Waals surface area contributed by atoms with Gasteiger partial charge in [0.25, 0.3) is 0 Å². The van der Waals surface area contributed by atoms with E-state index in [2.05, 4.69) is 41.3 Å². The highest BCUT2D eigenvalue weighted by Gasteiger charge is 2.18. The van der Waals surface area contributed by atoms with Gasteiger partial charge in [0, 0.05) is 67.1 Å². The standard InChI is InChI=1S/C29H36N6O3/c1-20(2)30-10-11-34(23-13-24(36-3)16-25(14-23)37-4)22-8-9-26-27(15-22)33-28(18-31-26)21-17-32-35(19-21)29-7-5-6-12-38-29/h8-9,13-20,29-30H,5-7,10-12H2,1-4H3. The molecule has 2 aromatic heterocycles. The van der Waals surface area contributed by atoms with Crippen molar-refractivity contribution in [2.75, 3.05) is 38.8 Å². The zero-order chi connectivity index (χ0) is 26.5. The number of benzene rings is 2. The van der Waals surface area contributed by atoms with Crippen LogP contribution in [0.4, 0.5) is 11.4 Å². The van der Waals surface area contributed by atoms with Crippen LogP contribution in [0.2, 0.25) is 0 Å². The maximum Gasteiger partial charge on any atom is 0.150 e. The molecule has 1 N–H and O–H groups in total. The van der Waals surface area contributed by atoms with E-state index in [-0.39, 0.29) is 6.23 Å². The Hall–Kier alpha value is -3.69. The van der Waals surface area contributed by atoms with E-state index in [4.69, 9.17) is 24.2 Å². The van der Waals surface area contributed by atoms with Gasteiger partial charge in [-0.2, -0.15) is 5.10 Å². The molecule has 0 spiro atoms. The van der Waals surface area contributed by atoms with E-state index in [9.17, 15) is 0 Å². The van der Waals surface area contributed by atoms with Crippen molar-refractivity contribution >= 4 is 22.4 Å². The quantitative estimate of drug-likeness (QED) is 0.302. The minimum Gasteiger partial charge on any atom is -0.497 e. The third-order valence-electron chi connectivity index (χ3n) is 6.72. The Morgan fingerprint density at radius 2 is 1.84 bits per heavy atom. The zero-order valence-corrected chi connectivity index (χ0v) is 22.6. The van der Waals surface area contributed by atoms with E-state index in [1.165, 1.54) is 0 Å². The van der Waals surface area contributed by atoms with Gasteiger partial charge in [-0.05, 0) is 37.5 Å². The normalized spacial score (nSPS) is 15.7. The van der Waals surface area contributed by atoms with Crippen molar-refractivity contribution in [1.82, 2.24) is 25.1 Å². The molecule has 9 heteroatoms. The lowest BCUT2D eigenvalue weighted by Gasteiger charge is -2.27. The molecule has 200 valence electrons. The first-order valence-electron chi connectivity index (χ1n) is 13.2. The topological polar surface area (TPSA) is 86.6 Å². The molecule has 1 aliphatic rings. The first kappa shape index (κ1) is 25.9. The summed E-state index contributed by atoms with van der Waals surface area (Å²) in [5.41, 5.74) is 5.35. The third-order valence-corrected chi connectivity index (χ3v) is 6.72. The van der Waals surface area contributed by atoms with Gasteiger partial charge in [-0.3, -0.25) is 4.98 Å². The molecule has 2 aromatic carbocycles. The molecule has 1 fully saturated rings. The van der Waals surface area contributed by atoms with E-state index >= 15 is 0 Å². The first-order chi connectivity index (χ1) is 18.5. The molecular formula is C29H36N6O3. The number of aromatic nitrogens is 4. The number of hydrogen-bond donors (Lipinski definition) is 1. The smallest absolute Gasteiger partial charge is 0.150 e. The lowest BCUT2D eigenvalue weighted by molar-refractivity contribution is -0.0394. The summed E-state index contributed by atoms with van der Waals surface area (Å²) in [5, 5.41) is 8.07. The summed E-state index contributed by atoms with van der Waals surface area (Å²) >= 11 is 0. The summed E-state index contributed by atoms with van der Waals surface area (Å²) < 4.78 is 18.9. The molecule has 3 heterocycles. The van der Waals surface area contributed by atoms with Crippen LogP contribution in [0.15, 0.2) is 55.0 Å². The van der Waals surface area contributed by atoms with E-state index in [1.54, 1.807) is 14.2 Å². The summed E-state index contributed by atoms with van der Waals surface area (Å²) in [4.78, 5) is 11.9. The molecule has 38 heavy (non-hydrogen) atoms. The number of anilines is 2. The predicted octanol–water partition coefficient (Wildman–Crippen LogP) is 5.35. The van der Waals surface area contributed by atoms with Gasteiger partial charge >= 0.3 is 0 Å². The Labute approximate surface area is 223 Å². The van der Waals surface area contributed by atoms with Crippen LogP contribution in [-0.4, -0.2) is 59.7 Å². The molecule has 0 saturated carbocycles. The van der Waals surface area contributed by atoms with Gasteiger partial charge in [0.15, 0.2) is 0 Å². The Balaban J connectivity index is 1.48. The Morgan fingerprint density at radius 1 is 1.03 bits per heavy atom. The summed E-state index contributed by atoms with van der Waals surface area (Å²) in [6, 6.07) is 12.5. The van der Waals surface area contributed by atoms with E-state index in [0.29, 0.717) is 6.04 Å². The second-order valence-corrected chi connectivity index (χ2v) is 9.79. The van der Waals surface area contributed by atoms with E-state index < -0.39 is 0 Å². The van der Waals surface area contributed by atoms with Gasteiger partial charge in [-0.15, -0.1) is 0 Å². The fraction of sp³-hybridized carbons (Fsp3) is 0.414. The fourth-order valence-corrected chi connectivity index (χ4v) is 4.69. The van der Waals surface area contributed by atoms with Crippen LogP contribution in [0.5, 0.6) is 11.5 Å². The fourth-order valence-electron chi connectivity index (χ4n) is 4.69. The number of nitrogens with one attached hydrogen (secondary N) is 1. The van der Waals surface area contributed by atoms with Crippen molar-refractivity contribution in [1.29, 1.82) is 0 Å². The van der Waals surface area contributed by atoms with Crippen molar-refractivity contribution in [3.8, 4) is 22.8 Å². The van der Waals surface area contributed by atoms with Gasteiger partial charge < -0.3 is 24.4 Å². The highest BCUT2D eigenvalue weighted by Crippen LogP contribution is 2.34. The molecule has 1 aliphatic heterocycles. The Bertz CT molecular complexity index is 1340. The van der Waals surface area contributed by atoms with E-state index in [0.717, 1.165) is 84.1 Å². The average Bonchev–Trinajstić information content (AvgIpc) is 3.45. The monoisotopic (exact) mass is 516 g/mol. The maximum absolute atomic E-state index is 5.88. The van der Waals surface area contributed by atoms with Crippen LogP contribution in [0.3, 0.4) is 0 Å². The van der Waals surface area contributed by atoms with Crippen LogP contribution in [-0.2, 0) is 4.74 Å².